The number of carbonyl (C=O) groups excluding carboxylic acids is 4. The summed E-state index contributed by atoms with van der Waals surface area (Å²) in [6.07, 6.45) is 9.27. The van der Waals surface area contributed by atoms with Gasteiger partial charge in [0.05, 0.1) is 73.0 Å². The highest BCUT2D eigenvalue weighted by Gasteiger charge is 2.43. The molecular weight excluding hydrogens is 640 g/mol. The van der Waals surface area contributed by atoms with E-state index in [1.807, 2.05) is 39.8 Å². The lowest BCUT2D eigenvalue weighted by Crippen LogP contribution is -2.25. The van der Waals surface area contributed by atoms with Gasteiger partial charge >= 0.3 is 17.9 Å². The number of ether oxygens (including phenoxy) is 3. The van der Waals surface area contributed by atoms with Crippen LogP contribution in [0.2, 0.25) is 0 Å². The number of aliphatic hydroxyl groups excluding tert-OH is 1. The van der Waals surface area contributed by atoms with Crippen LogP contribution in [0.1, 0.15) is 63.1 Å². The second-order valence-electron chi connectivity index (χ2n) is 12.2. The zero-order valence-electron chi connectivity index (χ0n) is 29.4. The van der Waals surface area contributed by atoms with E-state index in [2.05, 4.69) is 4.98 Å². The van der Waals surface area contributed by atoms with E-state index in [1.165, 1.54) is 27.4 Å². The van der Waals surface area contributed by atoms with E-state index in [9.17, 15) is 24.3 Å². The Hall–Kier alpha value is -5.65. The molecule has 12 nitrogen and oxygen atoms in total. The zero-order valence-corrected chi connectivity index (χ0v) is 29.4. The van der Waals surface area contributed by atoms with Crippen molar-refractivity contribution in [1.29, 1.82) is 0 Å². The lowest BCUT2D eigenvalue weighted by molar-refractivity contribution is -0.141. The number of hydrogen-bond acceptors (Lipinski definition) is 11. The zero-order chi connectivity index (χ0) is 36.4. The molecule has 5 heterocycles. The van der Waals surface area contributed by atoms with Crippen LogP contribution in [0.5, 0.6) is 0 Å². The van der Waals surface area contributed by atoms with Crippen LogP contribution in [0.4, 0.5) is 0 Å². The summed E-state index contributed by atoms with van der Waals surface area (Å²) in [5, 5.41) is 10.8. The van der Waals surface area contributed by atoms with E-state index in [1.54, 1.807) is 13.0 Å². The third-order valence-electron chi connectivity index (χ3n) is 9.65. The molecular formula is C38H40N4O8. The van der Waals surface area contributed by atoms with Crippen molar-refractivity contribution in [3.8, 4) is 0 Å². The van der Waals surface area contributed by atoms with Gasteiger partial charge in [-0.1, -0.05) is 13.8 Å². The maximum absolute atomic E-state index is 13.9. The summed E-state index contributed by atoms with van der Waals surface area (Å²) >= 11 is 0. The molecule has 0 aromatic carbocycles. The van der Waals surface area contributed by atoms with Crippen molar-refractivity contribution in [2.75, 3.05) is 21.3 Å². The number of aromatic amines is 1. The Balaban J connectivity index is 1.94. The molecule has 12 heteroatoms. The summed E-state index contributed by atoms with van der Waals surface area (Å²) in [6, 6.07) is 0. The first-order chi connectivity index (χ1) is 23.9. The Morgan fingerprint density at radius 1 is 0.900 bits per heavy atom. The number of hydrogen-bond donors (Lipinski definition) is 2. The molecule has 4 aliphatic rings. The van der Waals surface area contributed by atoms with E-state index < -0.39 is 29.7 Å². The van der Waals surface area contributed by atoms with Crippen molar-refractivity contribution < 1.29 is 38.5 Å². The Bertz CT molecular complexity index is 2020. The van der Waals surface area contributed by atoms with Gasteiger partial charge in [0.15, 0.2) is 0 Å². The first-order valence-electron chi connectivity index (χ1n) is 16.2. The number of fused-ring (bicyclic) bond motifs is 5. The first-order valence-corrected chi connectivity index (χ1v) is 16.2. The van der Waals surface area contributed by atoms with Gasteiger partial charge in [0.25, 0.3) is 0 Å². The number of aliphatic imine (C=N–C) groups is 3. The average Bonchev–Trinajstić information content (AvgIpc) is 3.80. The molecule has 0 aliphatic carbocycles. The summed E-state index contributed by atoms with van der Waals surface area (Å²) in [7, 11) is 3.77. The number of aliphatic hydroxyl groups is 1. The second-order valence-corrected chi connectivity index (χ2v) is 12.2. The molecule has 0 saturated carbocycles. The number of carbonyl (C=O) groups is 4. The molecule has 8 bridgehead atoms. The molecule has 50 heavy (non-hydrogen) atoms. The Kier molecular flexibility index (Phi) is 10.3. The molecule has 5 rings (SSSR count). The van der Waals surface area contributed by atoms with E-state index >= 15 is 0 Å². The van der Waals surface area contributed by atoms with Crippen LogP contribution in [0, 0.1) is 18.8 Å². The summed E-state index contributed by atoms with van der Waals surface area (Å²) in [4.78, 5) is 69.4. The van der Waals surface area contributed by atoms with E-state index in [-0.39, 0.29) is 41.0 Å². The fourth-order valence-corrected chi connectivity index (χ4v) is 6.94. The predicted molar refractivity (Wildman–Crippen MR) is 189 cm³/mol. The molecule has 0 radical (unpaired) electrons. The van der Waals surface area contributed by atoms with Gasteiger partial charge in [0.2, 0.25) is 0 Å². The molecule has 1 aromatic heterocycles. The molecule has 0 spiro atoms. The predicted octanol–water partition coefficient (Wildman–Crippen LogP) is 5.58. The highest BCUT2D eigenvalue weighted by molar-refractivity contribution is 6.38. The molecule has 2 N–H and O–H groups in total. The van der Waals surface area contributed by atoms with Gasteiger partial charge in [-0.25, -0.2) is 19.6 Å². The second kappa shape index (κ2) is 14.5. The van der Waals surface area contributed by atoms with E-state index in [0.29, 0.717) is 52.2 Å². The van der Waals surface area contributed by atoms with Crippen LogP contribution >= 0.6 is 0 Å². The molecule has 0 unspecified atom stereocenters. The molecule has 0 fully saturated rings. The maximum Gasteiger partial charge on any atom is 0.341 e. The summed E-state index contributed by atoms with van der Waals surface area (Å²) < 4.78 is 15.4. The quantitative estimate of drug-likeness (QED) is 0.118. The lowest BCUT2D eigenvalue weighted by Gasteiger charge is -2.20. The van der Waals surface area contributed by atoms with Gasteiger partial charge in [0.1, 0.15) is 11.9 Å². The van der Waals surface area contributed by atoms with Gasteiger partial charge in [-0.2, -0.15) is 0 Å². The number of H-pyrrole nitrogens is 1. The number of esters is 3. The molecule has 0 amide bonds. The number of allylic oxidation sites excluding steroid dienone is 6. The highest BCUT2D eigenvalue weighted by Crippen LogP contribution is 2.43. The summed E-state index contributed by atoms with van der Waals surface area (Å²) in [5.41, 5.74) is 7.67. The van der Waals surface area contributed by atoms with Crippen LogP contribution in [0.3, 0.4) is 0 Å². The Labute approximate surface area is 290 Å². The largest absolute Gasteiger partial charge is 0.515 e. The number of aromatic nitrogens is 1. The average molecular weight is 681 g/mol. The van der Waals surface area contributed by atoms with Crippen molar-refractivity contribution in [3.05, 3.63) is 91.5 Å². The molecule has 4 aliphatic heterocycles. The van der Waals surface area contributed by atoms with Crippen LogP contribution < -0.4 is 0 Å². The number of nitrogens with one attached hydrogen (secondary N) is 1. The molecule has 260 valence electrons. The Morgan fingerprint density at radius 2 is 1.56 bits per heavy atom. The van der Waals surface area contributed by atoms with Crippen LogP contribution in [-0.4, -0.2) is 72.7 Å². The van der Waals surface area contributed by atoms with Gasteiger partial charge < -0.3 is 24.3 Å². The minimum Gasteiger partial charge on any atom is -0.515 e. The molecule has 0 saturated heterocycles. The molecule has 1 aromatic rings. The molecule has 2 atom stereocenters. The Morgan fingerprint density at radius 3 is 2.18 bits per heavy atom. The third kappa shape index (κ3) is 6.06. The fraction of sp³-hybridized carbons (Fsp3) is 0.342. The lowest BCUT2D eigenvalue weighted by atomic mass is 9.81. The van der Waals surface area contributed by atoms with Crippen molar-refractivity contribution >= 4 is 53.5 Å². The van der Waals surface area contributed by atoms with Crippen molar-refractivity contribution in [3.63, 3.8) is 0 Å². The van der Waals surface area contributed by atoms with Crippen LogP contribution in [-0.2, 0) is 39.8 Å². The topological polar surface area (TPSA) is 169 Å². The normalized spacial score (nSPS) is 21.0. The van der Waals surface area contributed by atoms with Crippen molar-refractivity contribution in [2.24, 2.45) is 26.8 Å². The van der Waals surface area contributed by atoms with Crippen LogP contribution in [0.25, 0.3) is 12.2 Å². The van der Waals surface area contributed by atoms with Gasteiger partial charge in [-0.15, -0.1) is 0 Å². The van der Waals surface area contributed by atoms with E-state index in [0.717, 1.165) is 28.8 Å². The monoisotopic (exact) mass is 680 g/mol. The summed E-state index contributed by atoms with van der Waals surface area (Å²) in [6.45, 7) is 9.46. The minimum atomic E-state index is -0.793. The SMILES string of the molecule is CCc1c2[nH]c(c1C)C=C1N=C(C(C)=C1/C=C/C=O)/C(=C\O)C1=NC(=C(C(=O)OC)C3=NC(=C2)C(C)=C3C(=O)OC)[C@@H](CCC(=O)OC)[C@@H]1C. The number of nitrogens with zero attached hydrogens (tertiary/aromatic N) is 3. The maximum atomic E-state index is 13.9. The van der Waals surface area contributed by atoms with Gasteiger partial charge in [0, 0.05) is 35.2 Å². The number of rotatable bonds is 8. The standard InChI is InChI=1S/C38H40N4O8/c1-9-22-18(2)26-15-29-23(11-10-14-43)19(3)33(41-29)25(17-44)34-20(4)24(12-13-30(45)48-6)35(42-34)32(38(47)50-8)36-31(37(46)49-7)21(5)27(40-36)16-28(22)39-26/h10-11,14-17,20,24,39,44H,9,12-13H2,1-8H3/b11-10+,25-17+,27-16?,29-15?,35-32?/t20-,24-/m0/s1. The van der Waals surface area contributed by atoms with Gasteiger partial charge in [-0.3, -0.25) is 14.6 Å². The minimum absolute atomic E-state index is 0.00225. The van der Waals surface area contributed by atoms with Crippen molar-refractivity contribution in [2.45, 2.75) is 53.9 Å². The van der Waals surface area contributed by atoms with Crippen molar-refractivity contribution in [1.82, 2.24) is 4.98 Å². The van der Waals surface area contributed by atoms with Crippen LogP contribution in [0.15, 0.2) is 83.9 Å². The number of methoxy groups -OCH3 is 3. The highest BCUT2D eigenvalue weighted by atomic mass is 16.5. The summed E-state index contributed by atoms with van der Waals surface area (Å²) in [5.74, 6) is -2.99. The van der Waals surface area contributed by atoms with E-state index in [4.69, 9.17) is 29.2 Å². The van der Waals surface area contributed by atoms with Gasteiger partial charge in [-0.05, 0) is 80.2 Å². The third-order valence-corrected chi connectivity index (χ3v) is 9.65. The smallest absolute Gasteiger partial charge is 0.341 e. The fourth-order valence-electron chi connectivity index (χ4n) is 6.94. The first kappa shape index (κ1) is 35.7. The number of aldehydes is 1.